The molecule has 80 valence electrons. The fraction of sp³-hybridized carbons (Fsp3) is 0.250. The fourth-order valence-electron chi connectivity index (χ4n) is 1.17. The van der Waals surface area contributed by atoms with E-state index in [-0.39, 0.29) is 17.2 Å². The molecule has 0 aliphatic carbocycles. The van der Waals surface area contributed by atoms with Gasteiger partial charge in [0.25, 0.3) is 0 Å². The third kappa shape index (κ3) is 4.28. The van der Waals surface area contributed by atoms with Crippen molar-refractivity contribution < 1.29 is 9.90 Å². The number of rotatable bonds is 4. The zero-order chi connectivity index (χ0) is 11.3. The molecule has 0 radical (unpaired) electrons. The van der Waals surface area contributed by atoms with Crippen molar-refractivity contribution in [2.75, 3.05) is 0 Å². The van der Waals surface area contributed by atoms with Crippen LogP contribution in [0.3, 0.4) is 0 Å². The lowest BCUT2D eigenvalue weighted by molar-refractivity contribution is -0.118. The highest BCUT2D eigenvalue weighted by Gasteiger charge is 2.10. The maximum atomic E-state index is 10.8. The van der Waals surface area contributed by atoms with Crippen LogP contribution in [0.2, 0.25) is 0 Å². The monoisotopic (exact) mass is 224 g/mol. The first-order valence-corrected chi connectivity index (χ1v) is 5.07. The van der Waals surface area contributed by atoms with E-state index in [1.807, 2.05) is 30.3 Å². The van der Waals surface area contributed by atoms with Crippen molar-refractivity contribution in [3.8, 4) is 0 Å². The van der Waals surface area contributed by atoms with Crippen LogP contribution >= 0.6 is 11.6 Å². The molecule has 15 heavy (non-hydrogen) atoms. The molecule has 1 atom stereocenters. The first kappa shape index (κ1) is 12.0. The lowest BCUT2D eigenvalue weighted by Gasteiger charge is -2.06. The summed E-state index contributed by atoms with van der Waals surface area (Å²) in [6.07, 6.45) is 0.821. The van der Waals surface area contributed by atoms with Gasteiger partial charge in [0.2, 0.25) is 0 Å². The third-order valence-electron chi connectivity index (χ3n) is 1.90. The molecule has 0 amide bonds. The van der Waals surface area contributed by atoms with Gasteiger partial charge in [0, 0.05) is 11.5 Å². The highest BCUT2D eigenvalue weighted by molar-refractivity contribution is 6.32. The van der Waals surface area contributed by atoms with Crippen LogP contribution in [-0.2, 0) is 4.79 Å². The summed E-state index contributed by atoms with van der Waals surface area (Å²) in [5, 5.41) is 9.82. The Bertz CT molecular complexity index is 357. The number of aliphatic hydroxyl groups is 1. The number of aliphatic hydroxyl groups excluding tert-OH is 1. The van der Waals surface area contributed by atoms with E-state index in [2.05, 4.69) is 0 Å². The molecule has 0 bridgehead atoms. The Kier molecular flexibility index (Phi) is 4.53. The third-order valence-corrected chi connectivity index (χ3v) is 2.26. The van der Waals surface area contributed by atoms with Crippen molar-refractivity contribution in [1.82, 2.24) is 0 Å². The van der Waals surface area contributed by atoms with Crippen molar-refractivity contribution in [2.45, 2.75) is 19.4 Å². The number of carbonyl (C=O) groups excluding carboxylic acids is 1. The lowest BCUT2D eigenvalue weighted by Crippen LogP contribution is -2.11. The van der Waals surface area contributed by atoms with Gasteiger partial charge in [0.15, 0.2) is 0 Å². The zero-order valence-corrected chi connectivity index (χ0v) is 9.24. The van der Waals surface area contributed by atoms with Crippen molar-refractivity contribution in [2.24, 2.45) is 0 Å². The molecule has 2 nitrogen and oxygen atoms in total. The summed E-state index contributed by atoms with van der Waals surface area (Å²) in [4.78, 5) is 10.8. The fourth-order valence-corrected chi connectivity index (χ4v) is 1.38. The predicted molar refractivity (Wildman–Crippen MR) is 61.6 cm³/mol. The Morgan fingerprint density at radius 1 is 1.47 bits per heavy atom. The van der Waals surface area contributed by atoms with Crippen LogP contribution < -0.4 is 0 Å². The molecule has 0 spiro atoms. The predicted octanol–water partition coefficient (Wildman–Crippen LogP) is 2.61. The summed E-state index contributed by atoms with van der Waals surface area (Å²) in [6, 6.07) is 9.42. The van der Waals surface area contributed by atoms with Crippen LogP contribution in [0.1, 0.15) is 18.9 Å². The number of carbonyl (C=O) groups is 1. The molecule has 0 unspecified atom stereocenters. The number of Topliss-reactive ketones (excluding diaryl/α,β-unsaturated/α-hetero) is 1. The summed E-state index contributed by atoms with van der Waals surface area (Å²) in [7, 11) is 0. The average molecular weight is 225 g/mol. The minimum atomic E-state index is -0.899. The van der Waals surface area contributed by atoms with Gasteiger partial charge >= 0.3 is 0 Å². The minimum absolute atomic E-state index is 0.0577. The average Bonchev–Trinajstić information content (AvgIpc) is 2.18. The molecule has 3 heteroatoms. The van der Waals surface area contributed by atoms with Crippen molar-refractivity contribution in [3.63, 3.8) is 0 Å². The smallest absolute Gasteiger partial charge is 0.132 e. The van der Waals surface area contributed by atoms with Crippen LogP contribution in [0.4, 0.5) is 0 Å². The summed E-state index contributed by atoms with van der Waals surface area (Å²) in [6.45, 7) is 1.43. The Labute approximate surface area is 94.2 Å². The van der Waals surface area contributed by atoms with Gasteiger partial charge in [0.1, 0.15) is 5.78 Å². The highest BCUT2D eigenvalue weighted by Crippen LogP contribution is 2.16. The maximum Gasteiger partial charge on any atom is 0.132 e. The molecule has 0 fully saturated rings. The van der Waals surface area contributed by atoms with Gasteiger partial charge in [0.05, 0.1) is 6.10 Å². The molecule has 1 aromatic rings. The van der Waals surface area contributed by atoms with Gasteiger partial charge in [-0.2, -0.15) is 0 Å². The normalized spacial score (nSPS) is 13.7. The SMILES string of the molecule is CC(=O)C[C@H](O)/C(Cl)=C/c1ccccc1. The van der Waals surface area contributed by atoms with Crippen LogP contribution in [0, 0.1) is 0 Å². The topological polar surface area (TPSA) is 37.3 Å². The number of benzene rings is 1. The van der Waals surface area contributed by atoms with E-state index in [1.165, 1.54) is 6.92 Å². The molecule has 1 rings (SSSR count). The Hall–Kier alpha value is -1.12. The molecular weight excluding hydrogens is 212 g/mol. The van der Waals surface area contributed by atoms with E-state index >= 15 is 0 Å². The molecule has 0 aliphatic rings. The van der Waals surface area contributed by atoms with Crippen LogP contribution in [0.15, 0.2) is 35.4 Å². The van der Waals surface area contributed by atoms with E-state index in [0.717, 1.165) is 5.56 Å². The molecule has 0 saturated carbocycles. The number of hydrogen-bond acceptors (Lipinski definition) is 2. The second kappa shape index (κ2) is 5.69. The quantitative estimate of drug-likeness (QED) is 0.854. The maximum absolute atomic E-state index is 10.8. The van der Waals surface area contributed by atoms with Crippen LogP contribution in [-0.4, -0.2) is 17.0 Å². The van der Waals surface area contributed by atoms with Gasteiger partial charge in [-0.15, -0.1) is 0 Å². The summed E-state index contributed by atoms with van der Waals surface area (Å²) < 4.78 is 0. The Morgan fingerprint density at radius 3 is 2.60 bits per heavy atom. The molecule has 0 aromatic heterocycles. The summed E-state index contributed by atoms with van der Waals surface area (Å²) >= 11 is 5.87. The van der Waals surface area contributed by atoms with Gasteiger partial charge in [-0.25, -0.2) is 0 Å². The van der Waals surface area contributed by atoms with E-state index in [1.54, 1.807) is 6.08 Å². The highest BCUT2D eigenvalue weighted by atomic mass is 35.5. The van der Waals surface area contributed by atoms with E-state index in [0.29, 0.717) is 0 Å². The Balaban J connectivity index is 2.71. The van der Waals surface area contributed by atoms with Crippen molar-refractivity contribution >= 4 is 23.5 Å². The lowest BCUT2D eigenvalue weighted by atomic mass is 10.1. The Morgan fingerprint density at radius 2 is 2.07 bits per heavy atom. The van der Waals surface area contributed by atoms with Gasteiger partial charge in [-0.1, -0.05) is 41.9 Å². The van der Waals surface area contributed by atoms with Gasteiger partial charge in [-0.3, -0.25) is 4.79 Å². The second-order valence-corrected chi connectivity index (χ2v) is 3.80. The molecular formula is C12H13ClO2. The standard InChI is InChI=1S/C12H13ClO2/c1-9(14)7-12(15)11(13)8-10-5-3-2-4-6-10/h2-6,8,12,15H,7H2,1H3/b11-8-/t12-/m0/s1. The van der Waals surface area contributed by atoms with Gasteiger partial charge < -0.3 is 5.11 Å². The summed E-state index contributed by atoms with van der Waals surface area (Å²) in [5.74, 6) is -0.0814. The zero-order valence-electron chi connectivity index (χ0n) is 8.48. The number of ketones is 1. The van der Waals surface area contributed by atoms with Crippen LogP contribution in [0.25, 0.3) is 6.08 Å². The largest absolute Gasteiger partial charge is 0.387 e. The molecule has 0 heterocycles. The molecule has 0 saturated heterocycles. The molecule has 1 aromatic carbocycles. The van der Waals surface area contributed by atoms with E-state index in [4.69, 9.17) is 11.6 Å². The van der Waals surface area contributed by atoms with E-state index in [9.17, 15) is 9.90 Å². The molecule has 0 aliphatic heterocycles. The van der Waals surface area contributed by atoms with Crippen LogP contribution in [0.5, 0.6) is 0 Å². The second-order valence-electron chi connectivity index (χ2n) is 3.36. The summed E-state index contributed by atoms with van der Waals surface area (Å²) in [5.41, 5.74) is 0.908. The number of hydrogen-bond donors (Lipinski definition) is 1. The first-order valence-electron chi connectivity index (χ1n) is 4.69. The van der Waals surface area contributed by atoms with Crippen molar-refractivity contribution in [1.29, 1.82) is 0 Å². The van der Waals surface area contributed by atoms with E-state index < -0.39 is 6.10 Å². The number of halogens is 1. The molecule has 1 N–H and O–H groups in total. The first-order chi connectivity index (χ1) is 7.09. The van der Waals surface area contributed by atoms with Gasteiger partial charge in [-0.05, 0) is 18.6 Å². The van der Waals surface area contributed by atoms with Crippen molar-refractivity contribution in [3.05, 3.63) is 40.9 Å². The minimum Gasteiger partial charge on any atom is -0.387 e.